The molecule has 3 aromatic heterocycles. The lowest BCUT2D eigenvalue weighted by atomic mass is 10.0. The summed E-state index contributed by atoms with van der Waals surface area (Å²) in [6.45, 7) is 2.08. The van der Waals surface area contributed by atoms with Crippen LogP contribution in [0.15, 0.2) is 83.9 Å². The van der Waals surface area contributed by atoms with Gasteiger partial charge in [-0.3, -0.25) is 9.36 Å². The van der Waals surface area contributed by atoms with E-state index in [0.29, 0.717) is 5.39 Å². The van der Waals surface area contributed by atoms with Crippen molar-refractivity contribution in [1.82, 2.24) is 19.2 Å². The molecule has 0 aliphatic carbocycles. The van der Waals surface area contributed by atoms with Crippen molar-refractivity contribution in [2.24, 2.45) is 0 Å². The molecule has 2 aromatic carbocycles. The van der Waals surface area contributed by atoms with Crippen LogP contribution >= 0.6 is 0 Å². The van der Waals surface area contributed by atoms with Gasteiger partial charge >= 0.3 is 0 Å². The summed E-state index contributed by atoms with van der Waals surface area (Å²) in [5, 5.41) is 5.33. The van der Waals surface area contributed by atoms with Gasteiger partial charge in [-0.25, -0.2) is 9.50 Å². The van der Waals surface area contributed by atoms with E-state index >= 15 is 0 Å². The molecule has 5 rings (SSSR count). The summed E-state index contributed by atoms with van der Waals surface area (Å²) in [6, 6.07) is 21.7. The average molecular weight is 366 g/mol. The second-order valence-corrected chi connectivity index (χ2v) is 6.66. The average Bonchev–Trinajstić information content (AvgIpc) is 3.14. The fraction of sp³-hybridized carbons (Fsp3) is 0.0870. The zero-order valence-corrected chi connectivity index (χ0v) is 15.4. The Kier molecular flexibility index (Phi) is 3.79. The summed E-state index contributed by atoms with van der Waals surface area (Å²) in [5.41, 5.74) is 5.34. The van der Waals surface area contributed by atoms with Crippen LogP contribution in [-0.2, 0) is 6.42 Å². The molecule has 0 amide bonds. The first kappa shape index (κ1) is 16.4. The van der Waals surface area contributed by atoms with E-state index in [4.69, 9.17) is 5.10 Å². The largest absolute Gasteiger partial charge is 0.284 e. The third kappa shape index (κ3) is 2.44. The molecule has 0 saturated heterocycles. The van der Waals surface area contributed by atoms with Gasteiger partial charge in [0.2, 0.25) is 0 Å². The number of benzene rings is 2. The Labute approximate surface area is 161 Å². The van der Waals surface area contributed by atoms with Crippen LogP contribution in [0.25, 0.3) is 33.4 Å². The number of hydrogen-bond donors (Lipinski definition) is 0. The van der Waals surface area contributed by atoms with Crippen LogP contribution in [-0.4, -0.2) is 19.2 Å². The smallest absolute Gasteiger partial charge is 0.266 e. The summed E-state index contributed by atoms with van der Waals surface area (Å²) in [4.78, 5) is 17.7. The number of fused-ring (bicyclic) bond motifs is 3. The normalized spacial score (nSPS) is 11.3. The Morgan fingerprint density at radius 2 is 1.64 bits per heavy atom. The third-order valence-corrected chi connectivity index (χ3v) is 5.02. The first-order valence-electron chi connectivity index (χ1n) is 9.30. The number of nitrogens with zero attached hydrogens (tertiary/aromatic N) is 4. The van der Waals surface area contributed by atoms with Gasteiger partial charge in [-0.05, 0) is 30.2 Å². The standard InChI is InChI=1S/C23H18N4O/c1-2-19-21(16-9-5-3-6-10-16)22-24-15-18-20(27(22)25-19)13-14-26(23(18)28)17-11-7-4-8-12-17/h3-15H,2H2,1H3. The molecule has 5 heteroatoms. The topological polar surface area (TPSA) is 52.2 Å². The SMILES string of the molecule is CCc1nn2c(ncc3c(=O)n(-c4ccccc4)ccc32)c1-c1ccccc1. The minimum absolute atomic E-state index is 0.104. The molecule has 0 aliphatic rings. The predicted molar refractivity (Wildman–Crippen MR) is 111 cm³/mol. The number of aryl methyl sites for hydroxylation is 1. The van der Waals surface area contributed by atoms with Crippen molar-refractivity contribution in [3.05, 3.63) is 95.2 Å². The Balaban J connectivity index is 1.81. The second-order valence-electron chi connectivity index (χ2n) is 6.66. The molecule has 0 unspecified atom stereocenters. The van der Waals surface area contributed by atoms with Crippen molar-refractivity contribution in [3.63, 3.8) is 0 Å². The molecule has 0 N–H and O–H groups in total. The highest BCUT2D eigenvalue weighted by Crippen LogP contribution is 2.29. The van der Waals surface area contributed by atoms with Crippen LogP contribution in [0.5, 0.6) is 0 Å². The Morgan fingerprint density at radius 3 is 2.36 bits per heavy atom. The number of hydrogen-bond acceptors (Lipinski definition) is 3. The molecule has 0 spiro atoms. The second kappa shape index (κ2) is 6.46. The molecule has 0 fully saturated rings. The molecule has 28 heavy (non-hydrogen) atoms. The van der Waals surface area contributed by atoms with Crippen LogP contribution in [0, 0.1) is 0 Å². The van der Waals surface area contributed by atoms with Crippen LogP contribution in [0.4, 0.5) is 0 Å². The number of para-hydroxylation sites is 1. The minimum atomic E-state index is -0.104. The third-order valence-electron chi connectivity index (χ3n) is 5.02. The number of aromatic nitrogens is 4. The van der Waals surface area contributed by atoms with Gasteiger partial charge < -0.3 is 0 Å². The van der Waals surface area contributed by atoms with Gasteiger partial charge in [-0.2, -0.15) is 5.10 Å². The molecule has 0 radical (unpaired) electrons. The first-order chi connectivity index (χ1) is 13.8. The lowest BCUT2D eigenvalue weighted by Gasteiger charge is -2.08. The van der Waals surface area contributed by atoms with E-state index in [-0.39, 0.29) is 5.56 Å². The predicted octanol–water partition coefficient (Wildman–Crippen LogP) is 4.26. The van der Waals surface area contributed by atoms with Crippen molar-refractivity contribution in [3.8, 4) is 16.8 Å². The molecule has 3 heterocycles. The monoisotopic (exact) mass is 366 g/mol. The Bertz CT molecular complexity index is 1350. The van der Waals surface area contributed by atoms with E-state index in [1.165, 1.54) is 0 Å². The Hall–Kier alpha value is -3.73. The van der Waals surface area contributed by atoms with Gasteiger partial charge in [0.05, 0.1) is 16.6 Å². The molecule has 0 bridgehead atoms. The van der Waals surface area contributed by atoms with Crippen LogP contribution < -0.4 is 5.56 Å². The minimum Gasteiger partial charge on any atom is -0.284 e. The maximum absolute atomic E-state index is 13.1. The van der Waals surface area contributed by atoms with Gasteiger partial charge in [0, 0.05) is 23.6 Å². The maximum atomic E-state index is 13.1. The molecule has 136 valence electrons. The molecular formula is C23H18N4O. The van der Waals surface area contributed by atoms with Crippen molar-refractivity contribution < 1.29 is 0 Å². The summed E-state index contributed by atoms with van der Waals surface area (Å²) in [5.74, 6) is 0. The molecule has 5 aromatic rings. The zero-order valence-electron chi connectivity index (χ0n) is 15.4. The lowest BCUT2D eigenvalue weighted by Crippen LogP contribution is -2.18. The van der Waals surface area contributed by atoms with E-state index in [9.17, 15) is 4.79 Å². The van der Waals surface area contributed by atoms with Gasteiger partial charge in [0.25, 0.3) is 5.56 Å². The molecule has 0 aliphatic heterocycles. The van der Waals surface area contributed by atoms with E-state index < -0.39 is 0 Å². The molecular weight excluding hydrogens is 348 g/mol. The highest BCUT2D eigenvalue weighted by Gasteiger charge is 2.17. The van der Waals surface area contributed by atoms with E-state index in [1.807, 2.05) is 54.6 Å². The summed E-state index contributed by atoms with van der Waals surface area (Å²) >= 11 is 0. The van der Waals surface area contributed by atoms with Gasteiger partial charge in [-0.15, -0.1) is 0 Å². The molecule has 0 saturated carbocycles. The van der Waals surface area contributed by atoms with Gasteiger partial charge in [0.1, 0.15) is 0 Å². The summed E-state index contributed by atoms with van der Waals surface area (Å²) in [6.07, 6.45) is 4.26. The van der Waals surface area contributed by atoms with Crippen LogP contribution in [0.1, 0.15) is 12.6 Å². The fourth-order valence-electron chi connectivity index (χ4n) is 3.65. The molecule has 0 atom stereocenters. The zero-order chi connectivity index (χ0) is 19.1. The highest BCUT2D eigenvalue weighted by atomic mass is 16.1. The van der Waals surface area contributed by atoms with Gasteiger partial charge in [-0.1, -0.05) is 55.5 Å². The fourth-order valence-corrected chi connectivity index (χ4v) is 3.65. The summed E-state index contributed by atoms with van der Waals surface area (Å²) in [7, 11) is 0. The van der Waals surface area contributed by atoms with Crippen LogP contribution in [0.2, 0.25) is 0 Å². The van der Waals surface area contributed by atoms with Crippen molar-refractivity contribution in [2.45, 2.75) is 13.3 Å². The van der Waals surface area contributed by atoms with Crippen molar-refractivity contribution >= 4 is 16.6 Å². The quantitative estimate of drug-likeness (QED) is 0.479. The first-order valence-corrected chi connectivity index (χ1v) is 9.30. The maximum Gasteiger partial charge on any atom is 0.266 e. The van der Waals surface area contributed by atoms with E-state index in [2.05, 4.69) is 24.0 Å². The highest BCUT2D eigenvalue weighted by molar-refractivity contribution is 5.86. The van der Waals surface area contributed by atoms with Crippen molar-refractivity contribution in [1.29, 1.82) is 0 Å². The van der Waals surface area contributed by atoms with Crippen molar-refractivity contribution in [2.75, 3.05) is 0 Å². The van der Waals surface area contributed by atoms with Gasteiger partial charge in [0.15, 0.2) is 5.65 Å². The van der Waals surface area contributed by atoms with E-state index in [1.54, 1.807) is 21.5 Å². The van der Waals surface area contributed by atoms with E-state index in [0.717, 1.165) is 40.1 Å². The Morgan fingerprint density at radius 1 is 0.929 bits per heavy atom. The molecule has 5 nitrogen and oxygen atoms in total. The van der Waals surface area contributed by atoms with Crippen LogP contribution in [0.3, 0.4) is 0 Å². The summed E-state index contributed by atoms with van der Waals surface area (Å²) < 4.78 is 3.44. The number of rotatable bonds is 3. The number of pyridine rings is 1. The lowest BCUT2D eigenvalue weighted by molar-refractivity contribution is 0.909.